The molecular weight excluding hydrogens is 408 g/mol. The van der Waals surface area contributed by atoms with Gasteiger partial charge in [0, 0.05) is 51.3 Å². The van der Waals surface area contributed by atoms with Crippen molar-refractivity contribution in [3.63, 3.8) is 0 Å². The Balaban J connectivity index is 1.19. The van der Waals surface area contributed by atoms with Gasteiger partial charge in [0.1, 0.15) is 12.4 Å². The lowest BCUT2D eigenvalue weighted by Gasteiger charge is -2.26. The summed E-state index contributed by atoms with van der Waals surface area (Å²) in [4.78, 5) is 18.9. The van der Waals surface area contributed by atoms with Crippen molar-refractivity contribution in [1.82, 2.24) is 30.3 Å². The van der Waals surface area contributed by atoms with Crippen molar-refractivity contribution in [2.75, 3.05) is 39.5 Å². The minimum atomic E-state index is -0.235. The first kappa shape index (κ1) is 21.8. The molecule has 1 aliphatic heterocycles. The zero-order chi connectivity index (χ0) is 22.0. The van der Waals surface area contributed by atoms with E-state index < -0.39 is 0 Å². The van der Waals surface area contributed by atoms with Crippen LogP contribution in [0.4, 0.5) is 4.79 Å². The minimum Gasteiger partial charge on any atom is -0.492 e. The van der Waals surface area contributed by atoms with Gasteiger partial charge in [-0.05, 0) is 41.5 Å². The molecule has 0 aliphatic carbocycles. The van der Waals surface area contributed by atoms with E-state index in [4.69, 9.17) is 9.47 Å². The Morgan fingerprint density at radius 2 is 1.84 bits per heavy atom. The highest BCUT2D eigenvalue weighted by Crippen LogP contribution is 2.13. The van der Waals surface area contributed by atoms with Gasteiger partial charge in [-0.15, -0.1) is 0 Å². The average molecular weight is 437 g/mol. The largest absolute Gasteiger partial charge is 0.492 e. The van der Waals surface area contributed by atoms with Crippen LogP contribution >= 0.6 is 0 Å². The van der Waals surface area contributed by atoms with E-state index in [0.29, 0.717) is 25.5 Å². The van der Waals surface area contributed by atoms with E-state index in [-0.39, 0.29) is 6.03 Å². The van der Waals surface area contributed by atoms with Gasteiger partial charge in [-0.25, -0.2) is 14.5 Å². The van der Waals surface area contributed by atoms with Crippen molar-refractivity contribution >= 4 is 6.03 Å². The Hall–Kier alpha value is -3.43. The number of amides is 2. The van der Waals surface area contributed by atoms with Crippen LogP contribution in [-0.4, -0.2) is 65.2 Å². The third-order valence-electron chi connectivity index (χ3n) is 5.13. The number of rotatable bonds is 9. The summed E-state index contributed by atoms with van der Waals surface area (Å²) in [6.07, 6.45) is 5.23. The number of hydrogen-bond acceptors (Lipinski definition) is 6. The van der Waals surface area contributed by atoms with Crippen LogP contribution in [0.2, 0.25) is 0 Å². The molecule has 1 fully saturated rings. The SMILES string of the molecule is O=C(NCc1cccc(OCCN2CCOCC2)c1)NCc1ccnc(-n2cccn2)c1. The van der Waals surface area contributed by atoms with Gasteiger partial charge in [0.25, 0.3) is 0 Å². The molecule has 1 saturated heterocycles. The van der Waals surface area contributed by atoms with Crippen molar-refractivity contribution in [3.8, 4) is 11.6 Å². The maximum Gasteiger partial charge on any atom is 0.315 e. The van der Waals surface area contributed by atoms with Crippen molar-refractivity contribution in [2.24, 2.45) is 0 Å². The number of carbonyl (C=O) groups excluding carboxylic acids is 1. The molecule has 2 aromatic heterocycles. The molecule has 9 heteroatoms. The van der Waals surface area contributed by atoms with Gasteiger partial charge in [0.2, 0.25) is 0 Å². The van der Waals surface area contributed by atoms with Gasteiger partial charge in [-0.3, -0.25) is 4.90 Å². The number of pyridine rings is 1. The molecule has 2 N–H and O–H groups in total. The van der Waals surface area contributed by atoms with Gasteiger partial charge in [-0.2, -0.15) is 5.10 Å². The van der Waals surface area contributed by atoms with E-state index in [2.05, 4.69) is 25.6 Å². The third kappa shape index (κ3) is 6.53. The van der Waals surface area contributed by atoms with Gasteiger partial charge >= 0.3 is 6.03 Å². The van der Waals surface area contributed by atoms with Crippen LogP contribution in [0.5, 0.6) is 5.75 Å². The summed E-state index contributed by atoms with van der Waals surface area (Å²) in [5, 5.41) is 9.93. The third-order valence-corrected chi connectivity index (χ3v) is 5.13. The smallest absolute Gasteiger partial charge is 0.315 e. The normalized spacial score (nSPS) is 14.1. The quantitative estimate of drug-likeness (QED) is 0.533. The molecule has 0 radical (unpaired) electrons. The number of morpholine rings is 1. The van der Waals surface area contributed by atoms with Crippen LogP contribution in [0.1, 0.15) is 11.1 Å². The van der Waals surface area contributed by atoms with Crippen LogP contribution in [0, 0.1) is 0 Å². The second-order valence-electron chi connectivity index (χ2n) is 7.46. The van der Waals surface area contributed by atoms with Crippen LogP contribution in [0.3, 0.4) is 0 Å². The first-order chi connectivity index (χ1) is 15.8. The molecular formula is C23H28N6O3. The zero-order valence-corrected chi connectivity index (χ0v) is 17.9. The average Bonchev–Trinajstić information content (AvgIpc) is 3.38. The topological polar surface area (TPSA) is 93.5 Å². The van der Waals surface area contributed by atoms with Crippen molar-refractivity contribution in [1.29, 1.82) is 0 Å². The Kier molecular flexibility index (Phi) is 7.67. The van der Waals surface area contributed by atoms with E-state index >= 15 is 0 Å². The van der Waals surface area contributed by atoms with Crippen LogP contribution in [-0.2, 0) is 17.8 Å². The molecule has 1 aromatic carbocycles. The Morgan fingerprint density at radius 1 is 1.03 bits per heavy atom. The molecule has 3 heterocycles. The molecule has 0 spiro atoms. The molecule has 0 unspecified atom stereocenters. The number of nitrogens with zero attached hydrogens (tertiary/aromatic N) is 4. The van der Waals surface area contributed by atoms with E-state index in [1.807, 2.05) is 48.7 Å². The van der Waals surface area contributed by atoms with Crippen molar-refractivity contribution in [3.05, 3.63) is 72.2 Å². The van der Waals surface area contributed by atoms with Gasteiger partial charge in [0.15, 0.2) is 5.82 Å². The highest BCUT2D eigenvalue weighted by atomic mass is 16.5. The number of ether oxygens (including phenoxy) is 2. The predicted molar refractivity (Wildman–Crippen MR) is 120 cm³/mol. The monoisotopic (exact) mass is 436 g/mol. The lowest BCUT2D eigenvalue weighted by atomic mass is 10.2. The Morgan fingerprint density at radius 3 is 2.62 bits per heavy atom. The number of benzene rings is 1. The summed E-state index contributed by atoms with van der Waals surface area (Å²) < 4.78 is 12.9. The second kappa shape index (κ2) is 11.3. The summed E-state index contributed by atoms with van der Waals surface area (Å²) in [6, 6.07) is 13.2. The number of urea groups is 1. The van der Waals surface area contributed by atoms with Crippen LogP contribution in [0.25, 0.3) is 5.82 Å². The lowest BCUT2D eigenvalue weighted by Crippen LogP contribution is -2.38. The summed E-state index contributed by atoms with van der Waals surface area (Å²) in [6.45, 7) is 5.80. The maximum atomic E-state index is 12.2. The van der Waals surface area contributed by atoms with Crippen molar-refractivity contribution in [2.45, 2.75) is 13.1 Å². The van der Waals surface area contributed by atoms with Gasteiger partial charge < -0.3 is 20.1 Å². The molecule has 1 aliphatic rings. The molecule has 32 heavy (non-hydrogen) atoms. The molecule has 168 valence electrons. The van der Waals surface area contributed by atoms with Crippen LogP contribution in [0.15, 0.2) is 61.1 Å². The van der Waals surface area contributed by atoms with E-state index in [1.165, 1.54) is 0 Å². The molecule has 9 nitrogen and oxygen atoms in total. The van der Waals surface area contributed by atoms with E-state index in [9.17, 15) is 4.79 Å². The second-order valence-corrected chi connectivity index (χ2v) is 7.46. The zero-order valence-electron chi connectivity index (χ0n) is 17.9. The summed E-state index contributed by atoms with van der Waals surface area (Å²) in [5.74, 6) is 1.51. The van der Waals surface area contributed by atoms with E-state index in [1.54, 1.807) is 17.1 Å². The first-order valence-electron chi connectivity index (χ1n) is 10.7. The molecule has 0 bridgehead atoms. The predicted octanol–water partition coefficient (Wildman–Crippen LogP) is 1.98. The molecule has 2 amide bonds. The number of aromatic nitrogens is 3. The highest BCUT2D eigenvalue weighted by Gasteiger charge is 2.10. The summed E-state index contributed by atoms with van der Waals surface area (Å²) in [5.41, 5.74) is 1.92. The minimum absolute atomic E-state index is 0.235. The van der Waals surface area contributed by atoms with Gasteiger partial charge in [-0.1, -0.05) is 12.1 Å². The highest BCUT2D eigenvalue weighted by molar-refractivity contribution is 5.73. The number of nitrogens with one attached hydrogen (secondary N) is 2. The number of carbonyl (C=O) groups is 1. The fraction of sp³-hybridized carbons (Fsp3) is 0.348. The molecule has 0 saturated carbocycles. The van der Waals surface area contributed by atoms with Crippen molar-refractivity contribution < 1.29 is 14.3 Å². The molecule has 3 aromatic rings. The molecule has 4 rings (SSSR count). The standard InChI is InChI=1S/C23H28N6O3/c30-23(26-18-20-5-7-24-22(16-20)29-8-2-6-27-29)25-17-19-3-1-4-21(15-19)32-14-11-28-9-12-31-13-10-28/h1-8,15-16H,9-14,17-18H2,(H2,25,26,30). The summed E-state index contributed by atoms with van der Waals surface area (Å²) in [7, 11) is 0. The number of hydrogen-bond donors (Lipinski definition) is 2. The van der Waals surface area contributed by atoms with E-state index in [0.717, 1.165) is 49.7 Å². The lowest BCUT2D eigenvalue weighted by molar-refractivity contribution is 0.0322. The van der Waals surface area contributed by atoms with Crippen LogP contribution < -0.4 is 15.4 Å². The summed E-state index contributed by atoms with van der Waals surface area (Å²) >= 11 is 0. The fourth-order valence-electron chi connectivity index (χ4n) is 3.39. The molecule has 0 atom stereocenters. The van der Waals surface area contributed by atoms with Gasteiger partial charge in [0.05, 0.1) is 13.2 Å². The fourth-order valence-corrected chi connectivity index (χ4v) is 3.39. The Bertz CT molecular complexity index is 989. The first-order valence-corrected chi connectivity index (χ1v) is 10.7. The maximum absolute atomic E-state index is 12.2. The Labute approximate surface area is 187 Å².